The lowest BCUT2D eigenvalue weighted by Gasteiger charge is -2.37. The molecule has 3 aromatic rings. The van der Waals surface area contributed by atoms with Crippen LogP contribution in [0.5, 0.6) is 5.75 Å². The van der Waals surface area contributed by atoms with E-state index in [0.29, 0.717) is 24.5 Å². The molecule has 138 valence electrons. The first-order valence-electron chi connectivity index (χ1n) is 8.78. The molecular formula is C21H20FN3O2. The van der Waals surface area contributed by atoms with Crippen molar-refractivity contribution < 1.29 is 13.9 Å². The molecule has 4 rings (SSSR count). The van der Waals surface area contributed by atoms with Crippen LogP contribution in [0.1, 0.15) is 17.3 Å². The summed E-state index contributed by atoms with van der Waals surface area (Å²) in [6.45, 7) is 1.25. The number of fused-ring (bicyclic) bond motifs is 1. The van der Waals surface area contributed by atoms with Gasteiger partial charge in [-0.2, -0.15) is 0 Å². The molecule has 2 aromatic carbocycles. The van der Waals surface area contributed by atoms with Crippen LogP contribution in [0, 0.1) is 5.82 Å². The van der Waals surface area contributed by atoms with E-state index in [1.807, 2.05) is 30.5 Å². The largest absolute Gasteiger partial charge is 0.495 e. The van der Waals surface area contributed by atoms with Gasteiger partial charge in [0, 0.05) is 25.0 Å². The first-order chi connectivity index (χ1) is 13.2. The van der Waals surface area contributed by atoms with E-state index in [9.17, 15) is 9.18 Å². The average molecular weight is 365 g/mol. The molecule has 1 unspecified atom stereocenters. The Kier molecular flexibility index (Phi) is 4.54. The molecule has 1 aromatic heterocycles. The number of aromatic nitrogens is 1. The Morgan fingerprint density at radius 2 is 1.85 bits per heavy atom. The van der Waals surface area contributed by atoms with Crippen molar-refractivity contribution in [2.24, 2.45) is 0 Å². The van der Waals surface area contributed by atoms with E-state index in [-0.39, 0.29) is 17.9 Å². The van der Waals surface area contributed by atoms with Gasteiger partial charge in [0.1, 0.15) is 11.6 Å². The summed E-state index contributed by atoms with van der Waals surface area (Å²) in [5.41, 5.74) is 2.48. The number of para-hydroxylation sites is 2. The van der Waals surface area contributed by atoms with Gasteiger partial charge < -0.3 is 19.5 Å². The molecule has 0 saturated carbocycles. The number of nitrogens with zero attached hydrogens (tertiary/aromatic N) is 2. The third-order valence-electron chi connectivity index (χ3n) is 4.83. The molecule has 0 fully saturated rings. The Hall–Kier alpha value is -3.28. The zero-order chi connectivity index (χ0) is 18.8. The molecule has 0 bridgehead atoms. The van der Waals surface area contributed by atoms with Gasteiger partial charge in [0.05, 0.1) is 18.8 Å². The molecule has 0 spiro atoms. The Morgan fingerprint density at radius 1 is 1.07 bits per heavy atom. The van der Waals surface area contributed by atoms with Gasteiger partial charge in [-0.1, -0.05) is 24.3 Å². The highest BCUT2D eigenvalue weighted by Crippen LogP contribution is 2.33. The Bertz CT molecular complexity index is 952. The summed E-state index contributed by atoms with van der Waals surface area (Å²) in [7, 11) is 1.57. The molecule has 27 heavy (non-hydrogen) atoms. The van der Waals surface area contributed by atoms with Crippen molar-refractivity contribution in [1.82, 2.24) is 9.47 Å². The van der Waals surface area contributed by atoms with Gasteiger partial charge in [0.2, 0.25) is 0 Å². The number of rotatable bonds is 3. The highest BCUT2D eigenvalue weighted by Gasteiger charge is 2.32. The van der Waals surface area contributed by atoms with Gasteiger partial charge in [-0.05, 0) is 42.0 Å². The number of hydrogen-bond donors (Lipinski definition) is 1. The Balaban J connectivity index is 1.68. The van der Waals surface area contributed by atoms with Crippen molar-refractivity contribution in [1.29, 1.82) is 0 Å². The minimum absolute atomic E-state index is 0.221. The topological polar surface area (TPSA) is 46.5 Å². The fraction of sp³-hybridized carbons (Fsp3) is 0.190. The minimum atomic E-state index is -0.296. The number of benzene rings is 2. The predicted molar refractivity (Wildman–Crippen MR) is 101 cm³/mol. The van der Waals surface area contributed by atoms with Gasteiger partial charge in [-0.15, -0.1) is 0 Å². The second-order valence-electron chi connectivity index (χ2n) is 6.40. The molecule has 0 radical (unpaired) electrons. The first-order valence-corrected chi connectivity index (χ1v) is 8.78. The van der Waals surface area contributed by atoms with E-state index in [1.54, 1.807) is 36.3 Å². The molecular weight excluding hydrogens is 345 g/mol. The number of ether oxygens (including phenoxy) is 1. The summed E-state index contributed by atoms with van der Waals surface area (Å²) < 4.78 is 20.9. The van der Waals surface area contributed by atoms with Crippen molar-refractivity contribution in [3.63, 3.8) is 0 Å². The third-order valence-corrected chi connectivity index (χ3v) is 4.83. The number of halogens is 1. The normalized spacial score (nSPS) is 15.9. The van der Waals surface area contributed by atoms with Crippen LogP contribution in [0.15, 0.2) is 66.9 Å². The lowest BCUT2D eigenvalue weighted by Crippen LogP contribution is -2.44. The van der Waals surface area contributed by atoms with Gasteiger partial charge in [0.25, 0.3) is 0 Å². The zero-order valence-corrected chi connectivity index (χ0v) is 14.9. The van der Waals surface area contributed by atoms with Gasteiger partial charge in [-0.3, -0.25) is 0 Å². The first kappa shape index (κ1) is 17.1. The zero-order valence-electron chi connectivity index (χ0n) is 14.9. The van der Waals surface area contributed by atoms with Crippen molar-refractivity contribution in [2.75, 3.05) is 19.0 Å². The maximum atomic E-state index is 13.4. The Labute approximate surface area is 157 Å². The smallest absolute Gasteiger partial charge is 0.322 e. The fourth-order valence-electron chi connectivity index (χ4n) is 3.53. The van der Waals surface area contributed by atoms with E-state index >= 15 is 0 Å². The number of nitrogens with one attached hydrogen (secondary N) is 1. The minimum Gasteiger partial charge on any atom is -0.495 e. The molecule has 2 amide bonds. The maximum absolute atomic E-state index is 13.4. The standard InChI is InChI=1S/C21H20FN3O2/c1-27-19-7-3-2-5-17(19)23-21(26)25-14-13-24-12-4-6-18(24)20(25)15-8-10-16(22)11-9-15/h2-12,20H,13-14H2,1H3,(H,23,26). The number of anilines is 1. The lowest BCUT2D eigenvalue weighted by atomic mass is 10.0. The Morgan fingerprint density at radius 3 is 2.63 bits per heavy atom. The van der Waals surface area contributed by atoms with Crippen LogP contribution in [0.25, 0.3) is 0 Å². The fourth-order valence-corrected chi connectivity index (χ4v) is 3.53. The summed E-state index contributed by atoms with van der Waals surface area (Å²) >= 11 is 0. The molecule has 6 heteroatoms. The van der Waals surface area contributed by atoms with Gasteiger partial charge >= 0.3 is 6.03 Å². The van der Waals surface area contributed by atoms with Crippen molar-refractivity contribution in [2.45, 2.75) is 12.6 Å². The average Bonchev–Trinajstić information content (AvgIpc) is 3.17. The lowest BCUT2D eigenvalue weighted by molar-refractivity contribution is 0.181. The SMILES string of the molecule is COc1ccccc1NC(=O)N1CCn2cccc2C1c1ccc(F)cc1. The monoisotopic (exact) mass is 365 g/mol. The molecule has 1 N–H and O–H groups in total. The van der Waals surface area contributed by atoms with E-state index in [1.165, 1.54) is 12.1 Å². The highest BCUT2D eigenvalue weighted by atomic mass is 19.1. The van der Waals surface area contributed by atoms with Crippen molar-refractivity contribution in [3.05, 3.63) is 83.9 Å². The molecule has 1 aliphatic heterocycles. The van der Waals surface area contributed by atoms with E-state index in [4.69, 9.17) is 4.74 Å². The number of carbonyl (C=O) groups is 1. The van der Waals surface area contributed by atoms with Gasteiger partial charge in [-0.25, -0.2) is 9.18 Å². The van der Waals surface area contributed by atoms with Crippen molar-refractivity contribution >= 4 is 11.7 Å². The molecule has 1 atom stereocenters. The predicted octanol–water partition coefficient (Wildman–Crippen LogP) is 4.27. The summed E-state index contributed by atoms with van der Waals surface area (Å²) in [4.78, 5) is 14.9. The molecule has 0 aliphatic carbocycles. The highest BCUT2D eigenvalue weighted by molar-refractivity contribution is 5.91. The molecule has 1 aliphatic rings. The molecule has 0 saturated heterocycles. The van der Waals surface area contributed by atoms with Crippen LogP contribution in [0.4, 0.5) is 14.9 Å². The summed E-state index contributed by atoms with van der Waals surface area (Å²) in [6, 6.07) is 17.1. The summed E-state index contributed by atoms with van der Waals surface area (Å²) in [5, 5.41) is 2.94. The number of carbonyl (C=O) groups excluding carboxylic acids is 1. The van der Waals surface area contributed by atoms with Crippen LogP contribution >= 0.6 is 0 Å². The van der Waals surface area contributed by atoms with Gasteiger partial charge in [0.15, 0.2) is 0 Å². The number of amides is 2. The quantitative estimate of drug-likeness (QED) is 0.753. The number of urea groups is 1. The van der Waals surface area contributed by atoms with Crippen LogP contribution < -0.4 is 10.1 Å². The second-order valence-corrected chi connectivity index (χ2v) is 6.40. The van der Waals surface area contributed by atoms with E-state index < -0.39 is 0 Å². The summed E-state index contributed by atoms with van der Waals surface area (Å²) in [6.07, 6.45) is 2.00. The second kappa shape index (κ2) is 7.15. The maximum Gasteiger partial charge on any atom is 0.322 e. The summed E-state index contributed by atoms with van der Waals surface area (Å²) in [5.74, 6) is 0.305. The van der Waals surface area contributed by atoms with Crippen LogP contribution in [0.3, 0.4) is 0 Å². The van der Waals surface area contributed by atoms with Crippen molar-refractivity contribution in [3.8, 4) is 5.75 Å². The van der Waals surface area contributed by atoms with Crippen LogP contribution in [-0.2, 0) is 6.54 Å². The number of methoxy groups -OCH3 is 1. The number of hydrogen-bond acceptors (Lipinski definition) is 2. The van der Waals surface area contributed by atoms with E-state index in [0.717, 1.165) is 11.3 Å². The molecule has 2 heterocycles. The molecule has 5 nitrogen and oxygen atoms in total. The van der Waals surface area contributed by atoms with E-state index in [2.05, 4.69) is 9.88 Å². The van der Waals surface area contributed by atoms with Crippen LogP contribution in [0.2, 0.25) is 0 Å². The third kappa shape index (κ3) is 3.26. The van der Waals surface area contributed by atoms with Crippen LogP contribution in [-0.4, -0.2) is 29.2 Å².